The fourth-order valence-electron chi connectivity index (χ4n) is 4.18. The maximum Gasteiger partial charge on any atom is 0.136 e. The molecule has 3 nitrogen and oxygen atoms in total. The van der Waals surface area contributed by atoms with Crippen molar-refractivity contribution in [1.29, 1.82) is 0 Å². The average Bonchev–Trinajstić information content (AvgIpc) is 3.14. The van der Waals surface area contributed by atoms with Crippen LogP contribution >= 0.6 is 11.8 Å². The van der Waals surface area contributed by atoms with E-state index >= 15 is 0 Å². The van der Waals surface area contributed by atoms with Crippen molar-refractivity contribution >= 4 is 11.8 Å². The van der Waals surface area contributed by atoms with Crippen LogP contribution in [0.3, 0.4) is 0 Å². The largest absolute Gasteiger partial charge is 0.506 e. The lowest BCUT2D eigenvalue weighted by Crippen LogP contribution is -2.25. The first-order valence-corrected chi connectivity index (χ1v) is 9.83. The number of nitrogens with zero attached hydrogens (tertiary/aromatic N) is 2. The molecule has 1 aliphatic carbocycles. The van der Waals surface area contributed by atoms with Crippen molar-refractivity contribution in [1.82, 2.24) is 9.88 Å². The summed E-state index contributed by atoms with van der Waals surface area (Å²) in [6.45, 7) is 3.32. The smallest absolute Gasteiger partial charge is 0.136 e. The number of aromatic nitrogens is 1. The maximum atomic E-state index is 13.8. The molecule has 2 heterocycles. The molecule has 2 aliphatic rings. The molecule has 25 heavy (non-hydrogen) atoms. The van der Waals surface area contributed by atoms with Crippen LogP contribution in [0.1, 0.15) is 18.5 Å². The van der Waals surface area contributed by atoms with Gasteiger partial charge in [0.2, 0.25) is 0 Å². The van der Waals surface area contributed by atoms with Crippen LogP contribution in [0.5, 0.6) is 5.75 Å². The Bertz CT molecular complexity index is 710. The van der Waals surface area contributed by atoms with Gasteiger partial charge in [-0.3, -0.25) is 4.98 Å². The number of benzene rings is 1. The van der Waals surface area contributed by atoms with Crippen LogP contribution < -0.4 is 0 Å². The number of hydrogen-bond acceptors (Lipinski definition) is 4. The van der Waals surface area contributed by atoms with E-state index in [1.54, 1.807) is 30.0 Å². The standard InChI is InChI=1S/C20H23FN2OS/c21-19-3-1-2-4-20(19)25-18-9-14-12-23(13-15(14)10-18)8-7-16-5-6-17(24)11-22-16/h1-6,11,14-15,18,24H,7-10,12-13H2/t14-,15+,18+. The summed E-state index contributed by atoms with van der Waals surface area (Å²) in [6.07, 6.45) is 4.82. The van der Waals surface area contributed by atoms with Gasteiger partial charge in [0, 0.05) is 41.9 Å². The van der Waals surface area contributed by atoms with Crippen LogP contribution in [0.25, 0.3) is 0 Å². The molecule has 1 aromatic carbocycles. The van der Waals surface area contributed by atoms with Gasteiger partial charge in [-0.15, -0.1) is 11.8 Å². The average molecular weight is 358 g/mol. The Hall–Kier alpha value is -1.59. The minimum absolute atomic E-state index is 0.0902. The van der Waals surface area contributed by atoms with Gasteiger partial charge in [0.25, 0.3) is 0 Å². The molecular weight excluding hydrogens is 335 g/mol. The summed E-state index contributed by atoms with van der Waals surface area (Å²) < 4.78 is 13.8. The lowest BCUT2D eigenvalue weighted by Gasteiger charge is -2.18. The van der Waals surface area contributed by atoms with Crippen LogP contribution in [0.4, 0.5) is 4.39 Å². The monoisotopic (exact) mass is 358 g/mol. The quantitative estimate of drug-likeness (QED) is 0.877. The zero-order valence-electron chi connectivity index (χ0n) is 14.1. The maximum absolute atomic E-state index is 13.8. The second-order valence-electron chi connectivity index (χ2n) is 7.18. The minimum Gasteiger partial charge on any atom is -0.506 e. The summed E-state index contributed by atoms with van der Waals surface area (Å²) >= 11 is 1.72. The topological polar surface area (TPSA) is 36.4 Å². The van der Waals surface area contributed by atoms with E-state index in [0.717, 1.165) is 48.5 Å². The number of pyridine rings is 1. The number of fused-ring (bicyclic) bond motifs is 1. The van der Waals surface area contributed by atoms with Crippen molar-refractivity contribution in [2.24, 2.45) is 11.8 Å². The van der Waals surface area contributed by atoms with Crippen molar-refractivity contribution in [2.75, 3.05) is 19.6 Å². The molecule has 0 unspecified atom stereocenters. The van der Waals surface area contributed by atoms with Crippen LogP contribution in [-0.2, 0) is 6.42 Å². The first-order valence-electron chi connectivity index (χ1n) is 8.95. The van der Waals surface area contributed by atoms with E-state index in [0.29, 0.717) is 5.25 Å². The van der Waals surface area contributed by atoms with Crippen LogP contribution in [0, 0.1) is 17.7 Å². The lowest BCUT2D eigenvalue weighted by molar-refractivity contribution is 0.315. The molecule has 0 amide bonds. The molecule has 1 aliphatic heterocycles. The van der Waals surface area contributed by atoms with Gasteiger partial charge in [-0.2, -0.15) is 0 Å². The van der Waals surface area contributed by atoms with Crippen molar-refractivity contribution in [3.8, 4) is 5.75 Å². The van der Waals surface area contributed by atoms with E-state index in [-0.39, 0.29) is 11.6 Å². The van der Waals surface area contributed by atoms with Gasteiger partial charge in [0.05, 0.1) is 6.20 Å². The summed E-state index contributed by atoms with van der Waals surface area (Å²) in [5.74, 6) is 1.62. The molecule has 2 aromatic rings. The van der Waals surface area contributed by atoms with Crippen LogP contribution in [0.15, 0.2) is 47.5 Å². The Kier molecular flexibility index (Phi) is 4.95. The van der Waals surface area contributed by atoms with E-state index in [4.69, 9.17) is 0 Å². The summed E-state index contributed by atoms with van der Waals surface area (Å²) in [5.41, 5.74) is 1.03. The van der Waals surface area contributed by atoms with Crippen molar-refractivity contribution in [3.63, 3.8) is 0 Å². The molecule has 1 saturated carbocycles. The highest BCUT2D eigenvalue weighted by atomic mass is 32.2. The van der Waals surface area contributed by atoms with Crippen molar-refractivity contribution in [2.45, 2.75) is 29.4 Å². The van der Waals surface area contributed by atoms with E-state index in [1.807, 2.05) is 18.2 Å². The molecule has 4 rings (SSSR count). The molecule has 5 heteroatoms. The second-order valence-corrected chi connectivity index (χ2v) is 8.52. The highest BCUT2D eigenvalue weighted by Gasteiger charge is 2.41. The fourth-order valence-corrected chi connectivity index (χ4v) is 5.56. The number of thioether (sulfide) groups is 1. The third kappa shape index (κ3) is 3.98. The highest BCUT2D eigenvalue weighted by molar-refractivity contribution is 8.00. The number of rotatable bonds is 5. The van der Waals surface area contributed by atoms with Gasteiger partial charge >= 0.3 is 0 Å². The summed E-state index contributed by atoms with van der Waals surface area (Å²) in [4.78, 5) is 7.59. The summed E-state index contributed by atoms with van der Waals surface area (Å²) in [6, 6.07) is 10.7. The van der Waals surface area contributed by atoms with Gasteiger partial charge in [-0.25, -0.2) is 4.39 Å². The predicted molar refractivity (Wildman–Crippen MR) is 98.3 cm³/mol. The van der Waals surface area contributed by atoms with Crippen molar-refractivity contribution in [3.05, 3.63) is 54.1 Å². The van der Waals surface area contributed by atoms with E-state index < -0.39 is 0 Å². The van der Waals surface area contributed by atoms with E-state index in [9.17, 15) is 9.50 Å². The molecule has 0 radical (unpaired) electrons. The Morgan fingerprint density at radius 2 is 1.88 bits per heavy atom. The lowest BCUT2D eigenvalue weighted by atomic mass is 10.0. The van der Waals surface area contributed by atoms with E-state index in [2.05, 4.69) is 9.88 Å². The zero-order valence-corrected chi connectivity index (χ0v) is 15.0. The summed E-state index contributed by atoms with van der Waals surface area (Å²) in [5, 5.41) is 9.84. The number of hydrogen-bond donors (Lipinski definition) is 1. The Labute approximate surface area is 152 Å². The molecule has 0 bridgehead atoms. The molecule has 2 fully saturated rings. The molecular formula is C20H23FN2OS. The van der Waals surface area contributed by atoms with Crippen LogP contribution in [0.2, 0.25) is 0 Å². The first-order chi connectivity index (χ1) is 12.2. The van der Waals surface area contributed by atoms with Gasteiger partial charge in [0.15, 0.2) is 0 Å². The molecule has 0 spiro atoms. The molecule has 1 N–H and O–H groups in total. The zero-order chi connectivity index (χ0) is 17.2. The van der Waals surface area contributed by atoms with E-state index in [1.165, 1.54) is 19.0 Å². The SMILES string of the molecule is Oc1ccc(CCN2C[C@H]3C[C@H](Sc4ccccc4F)C[C@H]3C2)nc1. The Morgan fingerprint density at radius 3 is 2.56 bits per heavy atom. The molecule has 1 aromatic heterocycles. The first kappa shape index (κ1) is 16.9. The summed E-state index contributed by atoms with van der Waals surface area (Å²) in [7, 11) is 0. The number of likely N-dealkylation sites (tertiary alicyclic amines) is 1. The van der Waals surface area contributed by atoms with Gasteiger partial charge < -0.3 is 10.0 Å². The van der Waals surface area contributed by atoms with Crippen molar-refractivity contribution < 1.29 is 9.50 Å². The molecule has 3 atom stereocenters. The Balaban J connectivity index is 1.26. The second kappa shape index (κ2) is 7.34. The predicted octanol–water partition coefficient (Wildman–Crippen LogP) is 3.97. The fraction of sp³-hybridized carbons (Fsp3) is 0.450. The third-order valence-electron chi connectivity index (χ3n) is 5.41. The highest BCUT2D eigenvalue weighted by Crippen LogP contribution is 2.45. The van der Waals surface area contributed by atoms with Gasteiger partial charge in [-0.05, 0) is 48.9 Å². The number of aromatic hydroxyl groups is 1. The van der Waals surface area contributed by atoms with Gasteiger partial charge in [0.1, 0.15) is 11.6 Å². The normalized spacial score (nSPS) is 26.0. The van der Waals surface area contributed by atoms with Crippen LogP contribution in [-0.4, -0.2) is 39.9 Å². The molecule has 132 valence electrons. The number of halogens is 1. The van der Waals surface area contributed by atoms with Gasteiger partial charge in [-0.1, -0.05) is 12.1 Å². The minimum atomic E-state index is -0.0902. The third-order valence-corrected chi connectivity index (χ3v) is 6.71. The Morgan fingerprint density at radius 1 is 1.12 bits per heavy atom. The molecule has 1 saturated heterocycles.